The van der Waals surface area contributed by atoms with Gasteiger partial charge in [-0.25, -0.2) is 4.98 Å². The third-order valence-electron chi connectivity index (χ3n) is 3.13. The average Bonchev–Trinajstić information content (AvgIpc) is 2.82. The number of nitrogens with zero attached hydrogens (tertiary/aromatic N) is 4. The van der Waals surface area contributed by atoms with Gasteiger partial charge in [-0.15, -0.1) is 0 Å². The van der Waals surface area contributed by atoms with E-state index in [1.54, 1.807) is 11.0 Å². The Morgan fingerprint density at radius 2 is 2.26 bits per heavy atom. The molecular formula is C12H23N5O2. The SMILES string of the molecule is Cn1cnc(CCNCC(O)CN2CCOCC2)n1. The second kappa shape index (κ2) is 7.54. The van der Waals surface area contributed by atoms with Crippen LogP contribution in [0.3, 0.4) is 0 Å². The van der Waals surface area contributed by atoms with Crippen LogP contribution in [-0.2, 0) is 18.2 Å². The number of rotatable bonds is 7. The van der Waals surface area contributed by atoms with Crippen LogP contribution >= 0.6 is 0 Å². The summed E-state index contributed by atoms with van der Waals surface area (Å²) in [5.41, 5.74) is 0. The first kappa shape index (κ1) is 14.4. The summed E-state index contributed by atoms with van der Waals surface area (Å²) >= 11 is 0. The van der Waals surface area contributed by atoms with Crippen molar-refractivity contribution in [3.63, 3.8) is 0 Å². The molecule has 19 heavy (non-hydrogen) atoms. The lowest BCUT2D eigenvalue weighted by molar-refractivity contribution is 0.0150. The number of morpholine rings is 1. The molecule has 0 bridgehead atoms. The zero-order valence-electron chi connectivity index (χ0n) is 11.5. The van der Waals surface area contributed by atoms with Crippen molar-refractivity contribution in [3.05, 3.63) is 12.2 Å². The van der Waals surface area contributed by atoms with Gasteiger partial charge in [-0.1, -0.05) is 0 Å². The fourth-order valence-corrected chi connectivity index (χ4v) is 2.11. The number of nitrogens with one attached hydrogen (secondary N) is 1. The van der Waals surface area contributed by atoms with E-state index >= 15 is 0 Å². The zero-order chi connectivity index (χ0) is 13.5. The monoisotopic (exact) mass is 269 g/mol. The minimum absolute atomic E-state index is 0.338. The van der Waals surface area contributed by atoms with Gasteiger partial charge in [0.15, 0.2) is 5.82 Å². The molecule has 0 radical (unpaired) electrons. The van der Waals surface area contributed by atoms with Crippen molar-refractivity contribution in [2.45, 2.75) is 12.5 Å². The minimum Gasteiger partial charge on any atom is -0.390 e. The van der Waals surface area contributed by atoms with Gasteiger partial charge in [-0.2, -0.15) is 5.10 Å². The number of ether oxygens (including phenoxy) is 1. The number of hydrogen-bond donors (Lipinski definition) is 2. The maximum absolute atomic E-state index is 9.92. The van der Waals surface area contributed by atoms with Gasteiger partial charge >= 0.3 is 0 Å². The van der Waals surface area contributed by atoms with E-state index in [0.717, 1.165) is 45.1 Å². The van der Waals surface area contributed by atoms with Crippen molar-refractivity contribution in [2.24, 2.45) is 7.05 Å². The molecule has 1 unspecified atom stereocenters. The molecule has 1 aliphatic heterocycles. The predicted octanol–water partition coefficient (Wildman–Crippen LogP) is -1.36. The summed E-state index contributed by atoms with van der Waals surface area (Å²) in [5, 5.41) is 17.4. The molecule has 2 heterocycles. The van der Waals surface area contributed by atoms with E-state index in [4.69, 9.17) is 4.74 Å². The predicted molar refractivity (Wildman–Crippen MR) is 70.8 cm³/mol. The summed E-state index contributed by atoms with van der Waals surface area (Å²) in [7, 11) is 1.86. The van der Waals surface area contributed by atoms with Gasteiger partial charge in [0.1, 0.15) is 6.33 Å². The minimum atomic E-state index is -0.338. The lowest BCUT2D eigenvalue weighted by atomic mass is 10.3. The van der Waals surface area contributed by atoms with Crippen molar-refractivity contribution in [2.75, 3.05) is 45.9 Å². The van der Waals surface area contributed by atoms with Crippen LogP contribution in [0.2, 0.25) is 0 Å². The highest BCUT2D eigenvalue weighted by molar-refractivity contribution is 4.82. The van der Waals surface area contributed by atoms with Gasteiger partial charge < -0.3 is 15.2 Å². The molecule has 1 aromatic rings. The van der Waals surface area contributed by atoms with Gasteiger partial charge in [0, 0.05) is 46.2 Å². The Balaban J connectivity index is 1.54. The number of aliphatic hydroxyl groups excluding tert-OH is 1. The van der Waals surface area contributed by atoms with Gasteiger partial charge in [-0.3, -0.25) is 9.58 Å². The molecule has 0 aromatic carbocycles. The Morgan fingerprint density at radius 3 is 2.95 bits per heavy atom. The fraction of sp³-hybridized carbons (Fsp3) is 0.833. The van der Waals surface area contributed by atoms with Crippen LogP contribution in [0.4, 0.5) is 0 Å². The number of hydrogen-bond acceptors (Lipinski definition) is 6. The lowest BCUT2D eigenvalue weighted by Gasteiger charge is -2.28. The first-order chi connectivity index (χ1) is 9.24. The van der Waals surface area contributed by atoms with Crippen molar-refractivity contribution in [1.82, 2.24) is 25.0 Å². The van der Waals surface area contributed by atoms with E-state index in [9.17, 15) is 5.11 Å². The van der Waals surface area contributed by atoms with Crippen molar-refractivity contribution in [1.29, 1.82) is 0 Å². The summed E-state index contributed by atoms with van der Waals surface area (Å²) < 4.78 is 6.97. The van der Waals surface area contributed by atoms with Crippen LogP contribution in [0.5, 0.6) is 0 Å². The maximum atomic E-state index is 9.92. The number of aliphatic hydroxyl groups is 1. The third kappa shape index (κ3) is 5.23. The molecule has 1 aromatic heterocycles. The molecule has 1 saturated heterocycles. The van der Waals surface area contributed by atoms with Gasteiger partial charge in [0.25, 0.3) is 0 Å². The molecule has 1 atom stereocenters. The summed E-state index contributed by atoms with van der Waals surface area (Å²) in [4.78, 5) is 6.39. The van der Waals surface area contributed by atoms with Crippen molar-refractivity contribution in [3.8, 4) is 0 Å². The van der Waals surface area contributed by atoms with Crippen molar-refractivity contribution >= 4 is 0 Å². The molecule has 7 heteroatoms. The summed E-state index contributed by atoms with van der Waals surface area (Å²) in [6, 6.07) is 0. The molecule has 0 spiro atoms. The topological polar surface area (TPSA) is 75.4 Å². The largest absolute Gasteiger partial charge is 0.390 e. The first-order valence-corrected chi connectivity index (χ1v) is 6.77. The molecule has 0 saturated carbocycles. The van der Waals surface area contributed by atoms with Gasteiger partial charge in [0.2, 0.25) is 0 Å². The highest BCUT2D eigenvalue weighted by atomic mass is 16.5. The first-order valence-electron chi connectivity index (χ1n) is 6.77. The molecule has 2 N–H and O–H groups in total. The fourth-order valence-electron chi connectivity index (χ4n) is 2.11. The molecular weight excluding hydrogens is 246 g/mol. The molecule has 2 rings (SSSR count). The van der Waals surface area contributed by atoms with Crippen LogP contribution in [-0.4, -0.2) is 76.8 Å². The lowest BCUT2D eigenvalue weighted by Crippen LogP contribution is -2.44. The molecule has 1 fully saturated rings. The maximum Gasteiger partial charge on any atom is 0.151 e. The van der Waals surface area contributed by atoms with E-state index < -0.39 is 0 Å². The van der Waals surface area contributed by atoms with Crippen LogP contribution < -0.4 is 5.32 Å². The molecule has 1 aliphatic rings. The molecule has 108 valence electrons. The Hall–Kier alpha value is -1.02. The van der Waals surface area contributed by atoms with E-state index in [0.29, 0.717) is 13.1 Å². The third-order valence-corrected chi connectivity index (χ3v) is 3.13. The Labute approximate surface area is 113 Å². The van der Waals surface area contributed by atoms with Crippen LogP contribution in [0.1, 0.15) is 5.82 Å². The summed E-state index contributed by atoms with van der Waals surface area (Å²) in [5.74, 6) is 0.831. The van der Waals surface area contributed by atoms with E-state index in [-0.39, 0.29) is 6.10 Å². The van der Waals surface area contributed by atoms with Crippen LogP contribution in [0, 0.1) is 0 Å². The summed E-state index contributed by atoms with van der Waals surface area (Å²) in [6.07, 6.45) is 2.14. The zero-order valence-corrected chi connectivity index (χ0v) is 11.5. The highest BCUT2D eigenvalue weighted by Crippen LogP contribution is 1.98. The standard InChI is InChI=1S/C12H23N5O2/c1-16-10-14-12(15-16)2-3-13-8-11(18)9-17-4-6-19-7-5-17/h10-11,13,18H,2-9H2,1H3. The van der Waals surface area contributed by atoms with E-state index in [2.05, 4.69) is 20.3 Å². The van der Waals surface area contributed by atoms with Gasteiger partial charge in [-0.05, 0) is 0 Å². The molecule has 0 aliphatic carbocycles. The normalized spacial score (nSPS) is 18.6. The second-order valence-electron chi connectivity index (χ2n) is 4.86. The molecule has 0 amide bonds. The van der Waals surface area contributed by atoms with Crippen LogP contribution in [0.25, 0.3) is 0 Å². The smallest absolute Gasteiger partial charge is 0.151 e. The number of aromatic nitrogens is 3. The summed E-state index contributed by atoms with van der Waals surface area (Å²) in [6.45, 7) is 5.45. The second-order valence-corrected chi connectivity index (χ2v) is 4.86. The number of aryl methyl sites for hydroxylation is 1. The van der Waals surface area contributed by atoms with Gasteiger partial charge in [0.05, 0.1) is 19.3 Å². The highest BCUT2D eigenvalue weighted by Gasteiger charge is 2.14. The average molecular weight is 269 g/mol. The Kier molecular flexibility index (Phi) is 5.71. The quantitative estimate of drug-likeness (QED) is 0.596. The van der Waals surface area contributed by atoms with E-state index in [1.165, 1.54) is 0 Å². The van der Waals surface area contributed by atoms with E-state index in [1.807, 2.05) is 7.05 Å². The van der Waals surface area contributed by atoms with Crippen molar-refractivity contribution < 1.29 is 9.84 Å². The molecule has 7 nitrogen and oxygen atoms in total. The van der Waals surface area contributed by atoms with Crippen LogP contribution in [0.15, 0.2) is 6.33 Å². The number of β-amino-alcohol motifs (C(OH)–C–C–N with tert-alkyl or cyclic N) is 1. The Morgan fingerprint density at radius 1 is 1.47 bits per heavy atom. The Bertz CT molecular complexity index is 365.